The molecular formula is C33H36N2O5S. The van der Waals surface area contributed by atoms with Crippen LogP contribution in [0, 0.1) is 0 Å². The van der Waals surface area contributed by atoms with Crippen molar-refractivity contribution in [2.75, 3.05) is 18.3 Å². The molecule has 0 aromatic heterocycles. The summed E-state index contributed by atoms with van der Waals surface area (Å²) in [6.45, 7) is 2.88. The van der Waals surface area contributed by atoms with E-state index < -0.39 is 16.3 Å². The molecule has 4 aromatic rings. The lowest BCUT2D eigenvalue weighted by Crippen LogP contribution is -2.38. The standard InChI is InChI=1S/C33H36N2O5S/c1-24(26-9-5-3-6-10-26)35(2)22-30-21-32(27-15-13-25(23-36)14-16-27)40-33(39-30)28-17-19-29(20-18-28)34-41(37,38)31-11-7-4-8-12-31/h3-20,24,30,32-34,36H,21-23H2,1-2H3/t24-,30-,32+,33+/m0/s1. The molecule has 214 valence electrons. The second-order valence-corrected chi connectivity index (χ2v) is 12.1. The van der Waals surface area contributed by atoms with E-state index in [9.17, 15) is 13.5 Å². The smallest absolute Gasteiger partial charge is 0.261 e. The van der Waals surface area contributed by atoms with Gasteiger partial charge in [-0.2, -0.15) is 0 Å². The van der Waals surface area contributed by atoms with E-state index in [1.54, 1.807) is 42.5 Å². The number of nitrogens with zero attached hydrogens (tertiary/aromatic N) is 1. The highest BCUT2D eigenvalue weighted by Crippen LogP contribution is 2.39. The van der Waals surface area contributed by atoms with Crippen LogP contribution in [0.25, 0.3) is 0 Å². The van der Waals surface area contributed by atoms with Crippen LogP contribution in [-0.4, -0.2) is 38.1 Å². The number of rotatable bonds is 10. The van der Waals surface area contributed by atoms with E-state index >= 15 is 0 Å². The molecule has 8 heteroatoms. The molecule has 0 unspecified atom stereocenters. The highest BCUT2D eigenvalue weighted by Gasteiger charge is 2.33. The van der Waals surface area contributed by atoms with Gasteiger partial charge in [0.1, 0.15) is 0 Å². The molecule has 1 fully saturated rings. The van der Waals surface area contributed by atoms with E-state index in [2.05, 4.69) is 47.9 Å². The SMILES string of the molecule is C[C@@H](c1ccccc1)N(C)C[C@@H]1C[C@H](c2ccc(CO)cc2)O[C@H](c2ccc(NS(=O)(=O)c3ccccc3)cc2)O1. The fourth-order valence-electron chi connectivity index (χ4n) is 5.02. The Morgan fingerprint density at radius 1 is 0.854 bits per heavy atom. The van der Waals surface area contributed by atoms with Crippen molar-refractivity contribution in [2.24, 2.45) is 0 Å². The number of hydrogen-bond acceptors (Lipinski definition) is 6. The molecule has 41 heavy (non-hydrogen) atoms. The van der Waals surface area contributed by atoms with Gasteiger partial charge in [0.05, 0.1) is 23.7 Å². The van der Waals surface area contributed by atoms with Crippen LogP contribution >= 0.6 is 0 Å². The van der Waals surface area contributed by atoms with Crippen molar-refractivity contribution in [1.29, 1.82) is 0 Å². The summed E-state index contributed by atoms with van der Waals surface area (Å²) in [5.74, 6) is 0. The predicted octanol–water partition coefficient (Wildman–Crippen LogP) is 6.22. The normalized spacial score (nSPS) is 20.0. The Labute approximate surface area is 242 Å². The van der Waals surface area contributed by atoms with E-state index in [4.69, 9.17) is 9.47 Å². The topological polar surface area (TPSA) is 88.1 Å². The molecule has 1 aliphatic rings. The number of likely N-dealkylation sites (N-methyl/N-ethyl adjacent to an activating group) is 1. The Bertz CT molecular complexity index is 1500. The van der Waals surface area contributed by atoms with Crippen molar-refractivity contribution in [3.63, 3.8) is 0 Å². The number of ether oxygens (including phenoxy) is 2. The van der Waals surface area contributed by atoms with Crippen molar-refractivity contribution in [1.82, 2.24) is 4.90 Å². The first kappa shape index (κ1) is 29.0. The maximum absolute atomic E-state index is 12.8. The van der Waals surface area contributed by atoms with Crippen LogP contribution in [0.4, 0.5) is 5.69 Å². The molecule has 0 radical (unpaired) electrons. The second kappa shape index (κ2) is 13.0. The number of hydrogen-bond donors (Lipinski definition) is 2. The van der Waals surface area contributed by atoms with Crippen LogP contribution in [0.2, 0.25) is 0 Å². The van der Waals surface area contributed by atoms with E-state index in [1.807, 2.05) is 42.5 Å². The molecular weight excluding hydrogens is 536 g/mol. The molecule has 0 amide bonds. The molecule has 1 saturated heterocycles. The maximum Gasteiger partial charge on any atom is 0.261 e. The number of sulfonamides is 1. The number of nitrogens with one attached hydrogen (secondary N) is 1. The fraction of sp³-hybridized carbons (Fsp3) is 0.273. The highest BCUT2D eigenvalue weighted by atomic mass is 32.2. The van der Waals surface area contributed by atoms with Gasteiger partial charge < -0.3 is 14.6 Å². The quantitative estimate of drug-likeness (QED) is 0.235. The third kappa shape index (κ3) is 7.22. The molecule has 5 rings (SSSR count). The molecule has 1 aliphatic heterocycles. The summed E-state index contributed by atoms with van der Waals surface area (Å²) in [6, 6.07) is 33.8. The zero-order valence-corrected chi connectivity index (χ0v) is 24.1. The van der Waals surface area contributed by atoms with Crippen LogP contribution in [-0.2, 0) is 26.1 Å². The Morgan fingerprint density at radius 3 is 2.10 bits per heavy atom. The average molecular weight is 573 g/mol. The van der Waals surface area contributed by atoms with Crippen molar-refractivity contribution in [3.8, 4) is 0 Å². The van der Waals surface area contributed by atoms with E-state index in [0.29, 0.717) is 18.7 Å². The third-order valence-electron chi connectivity index (χ3n) is 7.54. The fourth-order valence-corrected chi connectivity index (χ4v) is 6.10. The minimum Gasteiger partial charge on any atom is -0.392 e. The third-order valence-corrected chi connectivity index (χ3v) is 8.94. The average Bonchev–Trinajstić information content (AvgIpc) is 3.01. The maximum atomic E-state index is 12.8. The first-order chi connectivity index (χ1) is 19.8. The van der Waals surface area contributed by atoms with Gasteiger partial charge in [-0.1, -0.05) is 84.9 Å². The van der Waals surface area contributed by atoms with Crippen molar-refractivity contribution >= 4 is 15.7 Å². The molecule has 7 nitrogen and oxygen atoms in total. The first-order valence-corrected chi connectivity index (χ1v) is 15.2. The van der Waals surface area contributed by atoms with Crippen molar-refractivity contribution in [3.05, 3.63) is 131 Å². The molecule has 0 aliphatic carbocycles. The van der Waals surface area contributed by atoms with Gasteiger partial charge in [-0.3, -0.25) is 9.62 Å². The van der Waals surface area contributed by atoms with Gasteiger partial charge in [0.25, 0.3) is 10.0 Å². The van der Waals surface area contributed by atoms with Gasteiger partial charge in [0.2, 0.25) is 0 Å². The molecule has 1 heterocycles. The first-order valence-electron chi connectivity index (χ1n) is 13.8. The summed E-state index contributed by atoms with van der Waals surface area (Å²) in [5, 5.41) is 9.47. The summed E-state index contributed by atoms with van der Waals surface area (Å²) in [6.07, 6.45) is -0.265. The van der Waals surface area contributed by atoms with Crippen LogP contribution < -0.4 is 4.72 Å². The molecule has 4 atom stereocenters. The zero-order chi connectivity index (χ0) is 28.8. The molecule has 0 spiro atoms. The number of aliphatic hydroxyl groups excluding tert-OH is 1. The lowest BCUT2D eigenvalue weighted by molar-refractivity contribution is -0.253. The highest BCUT2D eigenvalue weighted by molar-refractivity contribution is 7.92. The lowest BCUT2D eigenvalue weighted by Gasteiger charge is -2.39. The number of benzene rings is 4. The second-order valence-electron chi connectivity index (χ2n) is 10.4. The Morgan fingerprint density at radius 2 is 1.46 bits per heavy atom. The molecule has 0 saturated carbocycles. The summed E-state index contributed by atoms with van der Waals surface area (Å²) in [7, 11) is -1.59. The number of anilines is 1. The minimum absolute atomic E-state index is 0.0112. The van der Waals surface area contributed by atoms with E-state index in [-0.39, 0.29) is 29.8 Å². The van der Waals surface area contributed by atoms with Gasteiger partial charge >= 0.3 is 0 Å². The van der Waals surface area contributed by atoms with Crippen LogP contribution in [0.5, 0.6) is 0 Å². The minimum atomic E-state index is -3.69. The van der Waals surface area contributed by atoms with Crippen LogP contribution in [0.15, 0.2) is 114 Å². The van der Waals surface area contributed by atoms with Crippen molar-refractivity contribution < 1.29 is 23.0 Å². The number of aliphatic hydroxyl groups is 1. The zero-order valence-electron chi connectivity index (χ0n) is 23.3. The largest absolute Gasteiger partial charge is 0.392 e. The Kier molecular flexibility index (Phi) is 9.17. The summed E-state index contributed by atoms with van der Waals surface area (Å²) >= 11 is 0. The Balaban J connectivity index is 1.34. The Hall–Kier alpha value is -3.53. The van der Waals surface area contributed by atoms with Gasteiger partial charge in [-0.25, -0.2) is 8.42 Å². The van der Waals surface area contributed by atoms with Crippen LogP contribution in [0.3, 0.4) is 0 Å². The van der Waals surface area contributed by atoms with Gasteiger partial charge in [-0.15, -0.1) is 0 Å². The van der Waals surface area contributed by atoms with Gasteiger partial charge in [0, 0.05) is 30.3 Å². The molecule has 4 aromatic carbocycles. The van der Waals surface area contributed by atoms with Gasteiger partial charge in [0.15, 0.2) is 6.29 Å². The lowest BCUT2D eigenvalue weighted by atomic mass is 9.99. The molecule has 2 N–H and O–H groups in total. The van der Waals surface area contributed by atoms with Crippen LogP contribution in [0.1, 0.15) is 54.0 Å². The summed E-state index contributed by atoms with van der Waals surface area (Å²) in [5.41, 5.74) is 4.36. The molecule has 0 bridgehead atoms. The predicted molar refractivity (Wildman–Crippen MR) is 160 cm³/mol. The monoisotopic (exact) mass is 572 g/mol. The van der Waals surface area contributed by atoms with E-state index in [1.165, 1.54) is 5.56 Å². The summed E-state index contributed by atoms with van der Waals surface area (Å²) < 4.78 is 41.1. The van der Waals surface area contributed by atoms with Gasteiger partial charge in [-0.05, 0) is 54.9 Å². The summed E-state index contributed by atoms with van der Waals surface area (Å²) in [4.78, 5) is 2.49. The van der Waals surface area contributed by atoms with Crippen molar-refractivity contribution in [2.45, 2.75) is 49.4 Å². The van der Waals surface area contributed by atoms with E-state index in [0.717, 1.165) is 16.7 Å².